The average molecular weight is 369 g/mol. The lowest BCUT2D eigenvalue weighted by molar-refractivity contribution is 0.0999. The second-order valence-corrected chi connectivity index (χ2v) is 12.2. The zero-order valence-corrected chi connectivity index (χ0v) is 18.9. The van der Waals surface area contributed by atoms with Gasteiger partial charge in [-0.2, -0.15) is 0 Å². The molecule has 1 aliphatic rings. The maximum atomic E-state index is 12.8. The Labute approximate surface area is 161 Å². The van der Waals surface area contributed by atoms with Crippen LogP contribution in [0.3, 0.4) is 0 Å². The fourth-order valence-corrected chi connectivity index (χ4v) is 6.15. The SMILES string of the molecule is Cc1c(C2=CC=CC2)c(C(C)(C)C)c(C(N)=O)c([Si](C)C)c1C(C)(C)C. The molecule has 141 valence electrons. The number of primary amides is 1. The highest BCUT2D eigenvalue weighted by molar-refractivity contribution is 6.72. The van der Waals surface area contributed by atoms with E-state index in [0.717, 1.165) is 17.5 Å². The van der Waals surface area contributed by atoms with E-state index in [-0.39, 0.29) is 16.7 Å². The van der Waals surface area contributed by atoms with Crippen LogP contribution in [0.1, 0.15) is 80.6 Å². The first-order valence-corrected chi connectivity index (χ1v) is 12.0. The average Bonchev–Trinajstić information content (AvgIpc) is 2.96. The van der Waals surface area contributed by atoms with Gasteiger partial charge in [-0.05, 0) is 57.2 Å². The monoisotopic (exact) mass is 368 g/mol. The van der Waals surface area contributed by atoms with Gasteiger partial charge >= 0.3 is 0 Å². The Balaban J connectivity index is 3.15. The van der Waals surface area contributed by atoms with Crippen LogP contribution >= 0.6 is 0 Å². The molecular weight excluding hydrogens is 334 g/mol. The summed E-state index contributed by atoms with van der Waals surface area (Å²) in [5.41, 5.74) is 12.9. The number of benzene rings is 1. The molecule has 0 fully saturated rings. The first kappa shape index (κ1) is 20.7. The standard InChI is InChI=1S/C23H34NOSi/c1-14-16(15-12-10-11-13-15)19(23(5,6)7)17(21(24)25)20(26(8)9)18(14)22(2,3)4/h10-12H,13H2,1-9H3,(H2,24,25). The molecule has 3 heteroatoms. The van der Waals surface area contributed by atoms with Gasteiger partial charge in [0, 0.05) is 5.56 Å². The predicted octanol–water partition coefficient (Wildman–Crippen LogP) is 4.99. The number of allylic oxidation sites excluding steroid dienone is 4. The molecule has 1 radical (unpaired) electrons. The van der Waals surface area contributed by atoms with Crippen LogP contribution in [0.5, 0.6) is 0 Å². The molecule has 1 amide bonds. The highest BCUT2D eigenvalue weighted by Crippen LogP contribution is 2.41. The summed E-state index contributed by atoms with van der Waals surface area (Å²) in [6, 6.07) is 0. The van der Waals surface area contributed by atoms with Crippen LogP contribution in [0.2, 0.25) is 13.1 Å². The molecule has 0 atom stereocenters. The molecule has 1 aromatic carbocycles. The minimum Gasteiger partial charge on any atom is -0.366 e. The maximum Gasteiger partial charge on any atom is 0.248 e. The Morgan fingerprint density at radius 2 is 1.58 bits per heavy atom. The molecule has 0 bridgehead atoms. The largest absolute Gasteiger partial charge is 0.366 e. The summed E-state index contributed by atoms with van der Waals surface area (Å²) in [4.78, 5) is 12.8. The molecule has 0 aromatic heterocycles. The van der Waals surface area contributed by atoms with E-state index in [1.807, 2.05) is 0 Å². The number of carbonyl (C=O) groups is 1. The lowest BCUT2D eigenvalue weighted by Gasteiger charge is -2.36. The molecule has 2 rings (SSSR count). The van der Waals surface area contributed by atoms with Gasteiger partial charge in [0.25, 0.3) is 0 Å². The molecule has 26 heavy (non-hydrogen) atoms. The molecular formula is C23H34NOSi. The van der Waals surface area contributed by atoms with Gasteiger partial charge in [0.2, 0.25) is 5.91 Å². The van der Waals surface area contributed by atoms with E-state index in [0.29, 0.717) is 0 Å². The summed E-state index contributed by atoms with van der Waals surface area (Å²) in [6.07, 6.45) is 7.41. The van der Waals surface area contributed by atoms with Crippen molar-refractivity contribution >= 4 is 25.5 Å². The third kappa shape index (κ3) is 3.59. The van der Waals surface area contributed by atoms with Gasteiger partial charge in [-0.3, -0.25) is 4.79 Å². The van der Waals surface area contributed by atoms with Gasteiger partial charge in [0.15, 0.2) is 0 Å². The lowest BCUT2D eigenvalue weighted by Crippen LogP contribution is -2.43. The smallest absolute Gasteiger partial charge is 0.248 e. The van der Waals surface area contributed by atoms with Gasteiger partial charge in [0.1, 0.15) is 0 Å². The van der Waals surface area contributed by atoms with Crippen molar-refractivity contribution in [2.75, 3.05) is 0 Å². The van der Waals surface area contributed by atoms with E-state index in [9.17, 15) is 4.79 Å². The highest BCUT2D eigenvalue weighted by Gasteiger charge is 2.35. The van der Waals surface area contributed by atoms with Crippen molar-refractivity contribution in [3.63, 3.8) is 0 Å². The molecule has 2 N–H and O–H groups in total. The number of rotatable bonds is 3. The lowest BCUT2D eigenvalue weighted by atomic mass is 9.72. The number of amides is 1. The molecule has 0 saturated heterocycles. The Hall–Kier alpha value is -1.61. The maximum absolute atomic E-state index is 12.8. The minimum absolute atomic E-state index is 0.0384. The minimum atomic E-state index is -0.878. The summed E-state index contributed by atoms with van der Waals surface area (Å²) in [6.45, 7) is 20.1. The number of hydrogen-bond donors (Lipinski definition) is 1. The van der Waals surface area contributed by atoms with Crippen molar-refractivity contribution < 1.29 is 4.79 Å². The summed E-state index contributed by atoms with van der Waals surface area (Å²) < 4.78 is 0. The first-order valence-electron chi connectivity index (χ1n) is 9.46. The van der Waals surface area contributed by atoms with Crippen LogP contribution < -0.4 is 10.9 Å². The number of carbonyl (C=O) groups excluding carboxylic acids is 1. The fraction of sp³-hybridized carbons (Fsp3) is 0.522. The van der Waals surface area contributed by atoms with Crippen molar-refractivity contribution in [2.24, 2.45) is 5.73 Å². The van der Waals surface area contributed by atoms with E-state index in [1.165, 1.54) is 27.5 Å². The highest BCUT2D eigenvalue weighted by atomic mass is 28.3. The normalized spacial score (nSPS) is 14.9. The third-order valence-corrected chi connectivity index (χ3v) is 6.59. The molecule has 1 aliphatic carbocycles. The number of hydrogen-bond acceptors (Lipinski definition) is 1. The summed E-state index contributed by atoms with van der Waals surface area (Å²) in [5, 5.41) is 1.23. The van der Waals surface area contributed by atoms with E-state index in [4.69, 9.17) is 5.73 Å². The Morgan fingerprint density at radius 1 is 1.04 bits per heavy atom. The Kier molecular flexibility index (Phi) is 5.45. The van der Waals surface area contributed by atoms with Gasteiger partial charge in [-0.25, -0.2) is 0 Å². The molecule has 0 saturated carbocycles. The quantitative estimate of drug-likeness (QED) is 0.750. The fourth-order valence-electron chi connectivity index (χ4n) is 4.34. The second kappa shape index (κ2) is 6.84. The van der Waals surface area contributed by atoms with E-state index in [1.54, 1.807) is 0 Å². The van der Waals surface area contributed by atoms with E-state index in [2.05, 4.69) is 79.8 Å². The van der Waals surface area contributed by atoms with Crippen LogP contribution in [-0.4, -0.2) is 14.7 Å². The Bertz CT molecular complexity index is 799. The molecule has 1 aromatic rings. The van der Waals surface area contributed by atoms with Crippen molar-refractivity contribution in [3.05, 3.63) is 46.0 Å². The predicted molar refractivity (Wildman–Crippen MR) is 116 cm³/mol. The Morgan fingerprint density at radius 3 is 1.92 bits per heavy atom. The van der Waals surface area contributed by atoms with Gasteiger partial charge < -0.3 is 5.73 Å². The topological polar surface area (TPSA) is 43.1 Å². The van der Waals surface area contributed by atoms with E-state index >= 15 is 0 Å². The molecule has 0 spiro atoms. The van der Waals surface area contributed by atoms with Crippen molar-refractivity contribution in [2.45, 2.75) is 78.8 Å². The molecule has 0 heterocycles. The summed E-state index contributed by atoms with van der Waals surface area (Å²) in [5.74, 6) is -0.283. The molecule has 2 nitrogen and oxygen atoms in total. The zero-order chi connectivity index (χ0) is 20.0. The molecule has 0 aliphatic heterocycles. The van der Waals surface area contributed by atoms with Crippen LogP contribution in [0, 0.1) is 6.92 Å². The van der Waals surface area contributed by atoms with Gasteiger partial charge in [-0.15, -0.1) is 0 Å². The van der Waals surface area contributed by atoms with Crippen molar-refractivity contribution in [1.82, 2.24) is 0 Å². The van der Waals surface area contributed by atoms with Gasteiger partial charge in [0.05, 0.1) is 8.80 Å². The summed E-state index contributed by atoms with van der Waals surface area (Å²) in [7, 11) is -0.878. The van der Waals surface area contributed by atoms with Crippen LogP contribution in [-0.2, 0) is 10.8 Å². The third-order valence-electron chi connectivity index (χ3n) is 5.09. The van der Waals surface area contributed by atoms with Crippen LogP contribution in [0.15, 0.2) is 18.2 Å². The van der Waals surface area contributed by atoms with E-state index < -0.39 is 8.80 Å². The summed E-state index contributed by atoms with van der Waals surface area (Å²) >= 11 is 0. The van der Waals surface area contributed by atoms with Crippen molar-refractivity contribution in [1.29, 1.82) is 0 Å². The van der Waals surface area contributed by atoms with Crippen LogP contribution in [0.4, 0.5) is 0 Å². The first-order chi connectivity index (χ1) is 11.8. The van der Waals surface area contributed by atoms with Crippen LogP contribution in [0.25, 0.3) is 5.57 Å². The zero-order valence-electron chi connectivity index (χ0n) is 17.9. The number of nitrogens with two attached hydrogens (primary N) is 1. The van der Waals surface area contributed by atoms with Crippen molar-refractivity contribution in [3.8, 4) is 0 Å². The second-order valence-electron chi connectivity index (χ2n) is 9.69. The molecule has 0 unspecified atom stereocenters. The van der Waals surface area contributed by atoms with Gasteiger partial charge in [-0.1, -0.05) is 72.9 Å².